The van der Waals surface area contributed by atoms with E-state index in [2.05, 4.69) is 50.5 Å². The quantitative estimate of drug-likeness (QED) is 0.173. The van der Waals surface area contributed by atoms with E-state index in [1.807, 2.05) is 24.3 Å². The van der Waals surface area contributed by atoms with Gasteiger partial charge in [0.15, 0.2) is 0 Å². The van der Waals surface area contributed by atoms with Gasteiger partial charge in [0.05, 0.1) is 19.8 Å². The maximum absolute atomic E-state index is 12.0. The van der Waals surface area contributed by atoms with Crippen LogP contribution in [-0.2, 0) is 13.3 Å². The van der Waals surface area contributed by atoms with Gasteiger partial charge in [-0.15, -0.1) is 0 Å². The van der Waals surface area contributed by atoms with E-state index in [4.69, 9.17) is 13.7 Å². The van der Waals surface area contributed by atoms with Crippen molar-refractivity contribution in [2.24, 2.45) is 0 Å². The highest BCUT2D eigenvalue weighted by atomic mass is 33.1. The number of hydrogen-bond donors (Lipinski definition) is 2. The van der Waals surface area contributed by atoms with Crippen molar-refractivity contribution in [1.82, 2.24) is 10.6 Å². The van der Waals surface area contributed by atoms with Gasteiger partial charge in [0.2, 0.25) is 0 Å². The SMILES string of the molecule is Cc1cccc(OCCCCNCCOS(=O)(=O)SCCNCCCCOc2cccc(C)c2C)c1C. The Kier molecular flexibility index (Phi) is 15.0. The van der Waals surface area contributed by atoms with Crippen molar-refractivity contribution in [1.29, 1.82) is 0 Å². The zero-order valence-electron chi connectivity index (χ0n) is 22.8. The minimum Gasteiger partial charge on any atom is -0.493 e. The van der Waals surface area contributed by atoms with Crippen LogP contribution in [-0.4, -0.2) is 60.2 Å². The number of rotatable bonds is 20. The minimum absolute atomic E-state index is 0.141. The fourth-order valence-corrected chi connectivity index (χ4v) is 5.60. The molecule has 0 saturated heterocycles. The van der Waals surface area contributed by atoms with Crippen LogP contribution >= 0.6 is 10.8 Å². The molecule has 0 aromatic heterocycles. The standard InChI is InChI=1S/C28H44N2O5S2/c1-23-11-9-13-27(25(23)3)33-19-7-5-15-29-17-21-35-37(31,32)36-22-18-30-16-6-8-20-34-28-14-10-12-24(2)26(28)4/h9-14,29-30H,5-8,15-22H2,1-4H3. The lowest BCUT2D eigenvalue weighted by atomic mass is 10.1. The Morgan fingerprint density at radius 2 is 1.19 bits per heavy atom. The molecule has 2 rings (SSSR count). The Bertz CT molecular complexity index is 956. The summed E-state index contributed by atoms with van der Waals surface area (Å²) in [6.45, 7) is 12.5. The molecule has 0 spiro atoms. The number of hydrogen-bond acceptors (Lipinski definition) is 8. The molecule has 0 amide bonds. The topological polar surface area (TPSA) is 85.9 Å². The largest absolute Gasteiger partial charge is 0.493 e. The molecule has 0 saturated carbocycles. The molecule has 0 fully saturated rings. The first-order valence-corrected chi connectivity index (χ1v) is 16.0. The molecule has 9 heteroatoms. The van der Waals surface area contributed by atoms with Crippen molar-refractivity contribution in [2.45, 2.75) is 53.4 Å². The molecule has 0 atom stereocenters. The van der Waals surface area contributed by atoms with Gasteiger partial charge in [-0.25, -0.2) is 0 Å². The van der Waals surface area contributed by atoms with E-state index >= 15 is 0 Å². The first-order chi connectivity index (χ1) is 17.8. The smallest absolute Gasteiger partial charge is 0.322 e. The van der Waals surface area contributed by atoms with Crippen molar-refractivity contribution in [3.63, 3.8) is 0 Å². The van der Waals surface area contributed by atoms with Gasteiger partial charge in [-0.3, -0.25) is 4.18 Å². The van der Waals surface area contributed by atoms with Crippen LogP contribution in [0.5, 0.6) is 11.5 Å². The summed E-state index contributed by atoms with van der Waals surface area (Å²) in [7, 11) is -2.72. The predicted molar refractivity (Wildman–Crippen MR) is 154 cm³/mol. The number of nitrogens with one attached hydrogen (secondary N) is 2. The molecule has 0 aliphatic rings. The summed E-state index contributed by atoms with van der Waals surface area (Å²) in [5.74, 6) is 2.34. The van der Waals surface area contributed by atoms with E-state index in [0.29, 0.717) is 32.1 Å². The van der Waals surface area contributed by atoms with Gasteiger partial charge in [-0.1, -0.05) is 24.3 Å². The molecular weight excluding hydrogens is 508 g/mol. The van der Waals surface area contributed by atoms with Gasteiger partial charge in [-0.05, 0) is 112 Å². The van der Waals surface area contributed by atoms with Crippen LogP contribution in [0.4, 0.5) is 0 Å². The summed E-state index contributed by atoms with van der Waals surface area (Å²) in [5.41, 5.74) is 4.83. The van der Waals surface area contributed by atoms with E-state index < -0.39 is 9.15 Å². The highest BCUT2D eigenvalue weighted by Gasteiger charge is 2.11. The molecule has 37 heavy (non-hydrogen) atoms. The lowest BCUT2D eigenvalue weighted by Gasteiger charge is -2.11. The molecule has 0 unspecified atom stereocenters. The Hall–Kier alpha value is -1.78. The molecule has 0 bridgehead atoms. The lowest BCUT2D eigenvalue weighted by Crippen LogP contribution is -2.23. The maximum atomic E-state index is 12.0. The number of unbranched alkanes of at least 4 members (excludes halogenated alkanes) is 2. The van der Waals surface area contributed by atoms with E-state index in [-0.39, 0.29) is 6.61 Å². The van der Waals surface area contributed by atoms with E-state index in [9.17, 15) is 8.42 Å². The molecule has 0 aliphatic heterocycles. The second-order valence-corrected chi connectivity index (χ2v) is 12.7. The Labute approximate surface area is 227 Å². The van der Waals surface area contributed by atoms with Crippen LogP contribution in [0.2, 0.25) is 0 Å². The first-order valence-electron chi connectivity index (χ1n) is 13.1. The summed E-state index contributed by atoms with van der Waals surface area (Å²) in [6.07, 6.45) is 3.81. The maximum Gasteiger partial charge on any atom is 0.322 e. The molecule has 0 heterocycles. The molecule has 0 aliphatic carbocycles. The molecule has 0 radical (unpaired) electrons. The second kappa shape index (κ2) is 17.7. The Morgan fingerprint density at radius 1 is 0.676 bits per heavy atom. The molecule has 2 N–H and O–H groups in total. The Morgan fingerprint density at radius 3 is 1.73 bits per heavy atom. The fraction of sp³-hybridized carbons (Fsp3) is 0.571. The molecule has 2 aromatic rings. The number of benzene rings is 2. The summed E-state index contributed by atoms with van der Waals surface area (Å²) in [4.78, 5) is 0. The first kappa shape index (κ1) is 31.4. The highest BCUT2D eigenvalue weighted by molar-refractivity contribution is 8.70. The van der Waals surface area contributed by atoms with Crippen LogP contribution in [0.1, 0.15) is 47.9 Å². The highest BCUT2D eigenvalue weighted by Crippen LogP contribution is 2.21. The van der Waals surface area contributed by atoms with E-state index in [1.165, 1.54) is 22.3 Å². The van der Waals surface area contributed by atoms with E-state index in [0.717, 1.165) is 61.1 Å². The number of ether oxygens (including phenoxy) is 2. The van der Waals surface area contributed by atoms with Crippen molar-refractivity contribution in [3.8, 4) is 11.5 Å². The summed E-state index contributed by atoms with van der Waals surface area (Å²) in [6, 6.07) is 12.2. The van der Waals surface area contributed by atoms with Gasteiger partial charge in [0.25, 0.3) is 0 Å². The molecular formula is C28H44N2O5S2. The van der Waals surface area contributed by atoms with Crippen LogP contribution in [0.3, 0.4) is 0 Å². The minimum atomic E-state index is -3.56. The van der Waals surface area contributed by atoms with Gasteiger partial charge >= 0.3 is 9.15 Å². The second-order valence-electron chi connectivity index (χ2n) is 9.06. The van der Waals surface area contributed by atoms with Gasteiger partial charge in [-0.2, -0.15) is 8.42 Å². The van der Waals surface area contributed by atoms with Gasteiger partial charge < -0.3 is 20.1 Å². The van der Waals surface area contributed by atoms with Gasteiger partial charge in [0, 0.05) is 18.8 Å². The fourth-order valence-electron chi connectivity index (χ4n) is 3.55. The monoisotopic (exact) mass is 552 g/mol. The third kappa shape index (κ3) is 13.0. The van der Waals surface area contributed by atoms with Crippen molar-refractivity contribution in [2.75, 3.05) is 51.8 Å². The van der Waals surface area contributed by atoms with Crippen molar-refractivity contribution in [3.05, 3.63) is 58.7 Å². The van der Waals surface area contributed by atoms with Crippen LogP contribution in [0.15, 0.2) is 36.4 Å². The van der Waals surface area contributed by atoms with Crippen LogP contribution in [0.25, 0.3) is 0 Å². The average molecular weight is 553 g/mol. The summed E-state index contributed by atoms with van der Waals surface area (Å²) in [5, 5.41) is 6.49. The van der Waals surface area contributed by atoms with Gasteiger partial charge in [0.1, 0.15) is 11.5 Å². The zero-order chi connectivity index (χ0) is 26.9. The van der Waals surface area contributed by atoms with Crippen LogP contribution < -0.4 is 20.1 Å². The van der Waals surface area contributed by atoms with Crippen LogP contribution in [0, 0.1) is 27.7 Å². The number of aryl methyl sites for hydroxylation is 2. The van der Waals surface area contributed by atoms with Crippen molar-refractivity contribution >= 4 is 19.9 Å². The van der Waals surface area contributed by atoms with Crippen molar-refractivity contribution < 1.29 is 22.1 Å². The van der Waals surface area contributed by atoms with E-state index in [1.54, 1.807) is 0 Å². The lowest BCUT2D eigenvalue weighted by molar-refractivity contribution is 0.300. The molecule has 208 valence electrons. The molecule has 2 aromatic carbocycles. The third-order valence-electron chi connectivity index (χ3n) is 6.13. The summed E-state index contributed by atoms with van der Waals surface area (Å²) < 4.78 is 40.8. The zero-order valence-corrected chi connectivity index (χ0v) is 24.4. The molecule has 7 nitrogen and oxygen atoms in total. The Balaban J connectivity index is 1.38. The summed E-state index contributed by atoms with van der Waals surface area (Å²) >= 11 is 0. The normalized spacial score (nSPS) is 11.6. The third-order valence-corrected chi connectivity index (χ3v) is 8.90. The average Bonchev–Trinajstić information content (AvgIpc) is 2.86. The predicted octanol–water partition coefficient (Wildman–Crippen LogP) is 5.11.